The third-order valence-corrected chi connectivity index (χ3v) is 5.83. The van der Waals surface area contributed by atoms with Gasteiger partial charge < -0.3 is 20.1 Å². The van der Waals surface area contributed by atoms with Crippen LogP contribution < -0.4 is 20.1 Å². The Balaban J connectivity index is 1.38. The minimum absolute atomic E-state index is 0.158. The zero-order chi connectivity index (χ0) is 23.4. The summed E-state index contributed by atoms with van der Waals surface area (Å²) in [6.45, 7) is 1.94. The van der Waals surface area contributed by atoms with Gasteiger partial charge in [-0.25, -0.2) is 0 Å². The van der Waals surface area contributed by atoms with E-state index in [9.17, 15) is 19.7 Å². The van der Waals surface area contributed by atoms with E-state index in [-0.39, 0.29) is 24.0 Å². The van der Waals surface area contributed by atoms with Gasteiger partial charge in [0.25, 0.3) is 11.6 Å². The topological polar surface area (TPSA) is 120 Å². The Hall–Kier alpha value is -4.05. The summed E-state index contributed by atoms with van der Waals surface area (Å²) >= 11 is 1.33. The van der Waals surface area contributed by atoms with Crippen molar-refractivity contribution in [3.05, 3.63) is 82.4 Å². The number of amides is 2. The fourth-order valence-electron chi connectivity index (χ4n) is 3.09. The van der Waals surface area contributed by atoms with E-state index in [4.69, 9.17) is 9.47 Å². The van der Waals surface area contributed by atoms with Gasteiger partial charge in [-0.15, -0.1) is 11.8 Å². The van der Waals surface area contributed by atoms with Gasteiger partial charge in [-0.3, -0.25) is 19.7 Å². The maximum atomic E-state index is 12.6. The third-order valence-electron chi connectivity index (χ3n) is 4.73. The van der Waals surface area contributed by atoms with Crippen molar-refractivity contribution < 1.29 is 24.0 Å². The number of carbonyl (C=O) groups excluding carboxylic acids is 2. The molecule has 1 atom stereocenters. The highest BCUT2D eigenvalue weighted by Gasteiger charge is 2.18. The van der Waals surface area contributed by atoms with Crippen molar-refractivity contribution in [2.24, 2.45) is 0 Å². The molecule has 33 heavy (non-hydrogen) atoms. The van der Waals surface area contributed by atoms with Crippen LogP contribution in [0.4, 0.5) is 17.1 Å². The van der Waals surface area contributed by atoms with Gasteiger partial charge in [-0.05, 0) is 43.3 Å². The van der Waals surface area contributed by atoms with Crippen molar-refractivity contribution in [1.29, 1.82) is 0 Å². The summed E-state index contributed by atoms with van der Waals surface area (Å²) in [6.07, 6.45) is 0. The molecule has 0 saturated carbocycles. The highest BCUT2D eigenvalue weighted by atomic mass is 32.2. The monoisotopic (exact) mass is 465 g/mol. The largest absolute Gasteiger partial charge is 0.454 e. The lowest BCUT2D eigenvalue weighted by atomic mass is 10.2. The van der Waals surface area contributed by atoms with Crippen molar-refractivity contribution >= 4 is 40.6 Å². The fourth-order valence-corrected chi connectivity index (χ4v) is 4.01. The number of ether oxygens (including phenoxy) is 2. The zero-order valence-corrected chi connectivity index (χ0v) is 18.3. The van der Waals surface area contributed by atoms with Gasteiger partial charge in [-0.1, -0.05) is 12.1 Å². The molecule has 4 rings (SSSR count). The van der Waals surface area contributed by atoms with Crippen molar-refractivity contribution in [3.8, 4) is 11.5 Å². The standard InChI is InChI=1S/C23H19N3O6S/c1-14(22(27)24-17-8-9-20-21(12-17)32-13-31-20)33-19-7-3-5-16(11-19)25-23(28)15-4-2-6-18(10-15)26(29)30/h2-12,14H,13H2,1H3,(H,24,27)(H,25,28). The van der Waals surface area contributed by atoms with E-state index in [2.05, 4.69) is 10.6 Å². The average molecular weight is 465 g/mol. The number of carbonyl (C=O) groups is 2. The quantitative estimate of drug-likeness (QED) is 0.295. The molecule has 1 heterocycles. The van der Waals surface area contributed by atoms with E-state index >= 15 is 0 Å². The Labute approximate surface area is 193 Å². The van der Waals surface area contributed by atoms with E-state index in [1.165, 1.54) is 36.0 Å². The van der Waals surface area contributed by atoms with Gasteiger partial charge >= 0.3 is 0 Å². The smallest absolute Gasteiger partial charge is 0.270 e. The second-order valence-electron chi connectivity index (χ2n) is 7.11. The molecule has 0 aromatic heterocycles. The van der Waals surface area contributed by atoms with Gasteiger partial charge in [-0.2, -0.15) is 0 Å². The second kappa shape index (κ2) is 9.61. The maximum absolute atomic E-state index is 12.6. The van der Waals surface area contributed by atoms with E-state index in [1.54, 1.807) is 43.3 Å². The van der Waals surface area contributed by atoms with Crippen LogP contribution in [-0.2, 0) is 4.79 Å². The normalized spacial score (nSPS) is 12.6. The third kappa shape index (κ3) is 5.42. The van der Waals surface area contributed by atoms with Crippen LogP contribution >= 0.6 is 11.8 Å². The molecule has 3 aromatic rings. The number of fused-ring (bicyclic) bond motifs is 1. The Morgan fingerprint density at radius 3 is 2.55 bits per heavy atom. The first-order chi connectivity index (χ1) is 15.9. The van der Waals surface area contributed by atoms with Crippen molar-refractivity contribution in [1.82, 2.24) is 0 Å². The second-order valence-corrected chi connectivity index (χ2v) is 8.52. The molecule has 0 bridgehead atoms. The van der Waals surface area contributed by atoms with E-state index < -0.39 is 16.1 Å². The summed E-state index contributed by atoms with van der Waals surface area (Å²) < 4.78 is 10.6. The Bertz CT molecular complexity index is 1230. The molecule has 0 fully saturated rings. The van der Waals surface area contributed by atoms with Crippen LogP contribution in [0.25, 0.3) is 0 Å². The van der Waals surface area contributed by atoms with Gasteiger partial charge in [0.15, 0.2) is 11.5 Å². The molecule has 1 unspecified atom stereocenters. The molecule has 9 nitrogen and oxygen atoms in total. The first kappa shape index (κ1) is 22.2. The molecule has 0 radical (unpaired) electrons. The lowest BCUT2D eigenvalue weighted by molar-refractivity contribution is -0.384. The van der Waals surface area contributed by atoms with E-state index in [0.29, 0.717) is 22.9 Å². The number of nitrogens with zero attached hydrogens (tertiary/aromatic N) is 1. The number of anilines is 2. The number of nitro benzene ring substituents is 1. The summed E-state index contributed by atoms with van der Waals surface area (Å²) in [4.78, 5) is 36.3. The number of non-ortho nitro benzene ring substituents is 1. The van der Waals surface area contributed by atoms with Gasteiger partial charge in [0.2, 0.25) is 12.7 Å². The predicted molar refractivity (Wildman–Crippen MR) is 124 cm³/mol. The van der Waals surface area contributed by atoms with Crippen LogP contribution in [0.2, 0.25) is 0 Å². The average Bonchev–Trinajstić information content (AvgIpc) is 3.27. The van der Waals surface area contributed by atoms with Crippen molar-refractivity contribution in [3.63, 3.8) is 0 Å². The molecule has 3 aromatic carbocycles. The van der Waals surface area contributed by atoms with Crippen LogP contribution in [-0.4, -0.2) is 28.8 Å². The summed E-state index contributed by atoms with van der Waals surface area (Å²) in [5.74, 6) is 0.569. The van der Waals surface area contributed by atoms with Crippen molar-refractivity contribution in [2.45, 2.75) is 17.1 Å². The number of nitrogens with one attached hydrogen (secondary N) is 2. The number of nitro groups is 1. The Morgan fingerprint density at radius 2 is 1.73 bits per heavy atom. The van der Waals surface area contributed by atoms with Gasteiger partial charge in [0.05, 0.1) is 10.2 Å². The maximum Gasteiger partial charge on any atom is 0.270 e. The molecule has 1 aliphatic rings. The number of hydrogen-bond donors (Lipinski definition) is 2. The number of benzene rings is 3. The molecule has 10 heteroatoms. The number of rotatable bonds is 7. The summed E-state index contributed by atoms with van der Waals surface area (Å²) in [7, 11) is 0. The zero-order valence-electron chi connectivity index (χ0n) is 17.4. The molecule has 1 aliphatic heterocycles. The number of thioether (sulfide) groups is 1. The highest BCUT2D eigenvalue weighted by molar-refractivity contribution is 8.00. The predicted octanol–water partition coefficient (Wildman–Crippen LogP) is 4.70. The molecule has 0 saturated heterocycles. The minimum Gasteiger partial charge on any atom is -0.454 e. The SMILES string of the molecule is CC(Sc1cccc(NC(=O)c2cccc([N+](=O)[O-])c2)c1)C(=O)Nc1ccc2c(c1)OCO2. The van der Waals surface area contributed by atoms with Gasteiger partial charge in [0.1, 0.15) is 0 Å². The first-order valence-corrected chi connectivity index (χ1v) is 10.8. The highest BCUT2D eigenvalue weighted by Crippen LogP contribution is 2.34. The molecular weight excluding hydrogens is 446 g/mol. The summed E-state index contributed by atoms with van der Waals surface area (Å²) in [5, 5.41) is 16.1. The van der Waals surface area contributed by atoms with E-state index in [0.717, 1.165) is 4.90 Å². The van der Waals surface area contributed by atoms with Crippen LogP contribution in [0, 0.1) is 10.1 Å². The van der Waals surface area contributed by atoms with E-state index in [1.807, 2.05) is 6.07 Å². The summed E-state index contributed by atoms with van der Waals surface area (Å²) in [5.41, 5.74) is 1.14. The number of hydrogen-bond acceptors (Lipinski definition) is 7. The van der Waals surface area contributed by atoms with Crippen LogP contribution in [0.15, 0.2) is 71.6 Å². The Kier molecular flexibility index (Phi) is 6.45. The molecular formula is C23H19N3O6S. The minimum atomic E-state index is -0.552. The fraction of sp³-hybridized carbons (Fsp3) is 0.130. The Morgan fingerprint density at radius 1 is 0.970 bits per heavy atom. The lowest BCUT2D eigenvalue weighted by Gasteiger charge is -2.13. The van der Waals surface area contributed by atoms with Crippen LogP contribution in [0.5, 0.6) is 11.5 Å². The van der Waals surface area contributed by atoms with Gasteiger partial charge in [0, 0.05) is 40.0 Å². The molecule has 2 N–H and O–H groups in total. The van der Waals surface area contributed by atoms with Crippen molar-refractivity contribution in [2.75, 3.05) is 17.4 Å². The first-order valence-electron chi connectivity index (χ1n) is 9.92. The molecule has 0 aliphatic carbocycles. The lowest BCUT2D eigenvalue weighted by Crippen LogP contribution is -2.22. The van der Waals surface area contributed by atoms with Crippen LogP contribution in [0.1, 0.15) is 17.3 Å². The van der Waals surface area contributed by atoms with Crippen LogP contribution in [0.3, 0.4) is 0 Å². The molecule has 0 spiro atoms. The molecule has 2 amide bonds. The summed E-state index contributed by atoms with van der Waals surface area (Å²) in [6, 6.07) is 17.7. The molecule has 168 valence electrons.